The Morgan fingerprint density at radius 3 is 2.67 bits per heavy atom. The maximum absolute atomic E-state index is 10.8. The van der Waals surface area contributed by atoms with Crippen molar-refractivity contribution in [3.63, 3.8) is 0 Å². The van der Waals surface area contributed by atoms with Crippen LogP contribution in [0, 0.1) is 12.8 Å². The summed E-state index contributed by atoms with van der Waals surface area (Å²) in [6.45, 7) is 2.76. The minimum Gasteiger partial charge on any atom is -0.478 e. The number of thiazole rings is 1. The highest BCUT2D eigenvalue weighted by molar-refractivity contribution is 7.09. The molecule has 1 aliphatic carbocycles. The Hall–Kier alpha value is -1.72. The quantitative estimate of drug-likeness (QED) is 0.858. The van der Waals surface area contributed by atoms with Crippen LogP contribution in [0.3, 0.4) is 0 Å². The molecule has 0 amide bonds. The molecule has 4 nitrogen and oxygen atoms in total. The van der Waals surface area contributed by atoms with Crippen molar-refractivity contribution in [1.82, 2.24) is 10.3 Å². The van der Waals surface area contributed by atoms with E-state index in [2.05, 4.69) is 15.7 Å². The van der Waals surface area contributed by atoms with E-state index >= 15 is 0 Å². The van der Waals surface area contributed by atoms with E-state index in [9.17, 15) is 4.79 Å². The van der Waals surface area contributed by atoms with Gasteiger partial charge in [-0.3, -0.25) is 0 Å². The summed E-state index contributed by atoms with van der Waals surface area (Å²) in [5, 5.41) is 15.7. The lowest BCUT2D eigenvalue weighted by Crippen LogP contribution is -2.22. The molecule has 0 radical (unpaired) electrons. The molecule has 1 aromatic heterocycles. The van der Waals surface area contributed by atoms with Crippen LogP contribution in [0.5, 0.6) is 0 Å². The maximum Gasteiger partial charge on any atom is 0.335 e. The zero-order chi connectivity index (χ0) is 14.8. The highest BCUT2D eigenvalue weighted by Crippen LogP contribution is 2.41. The van der Waals surface area contributed by atoms with Gasteiger partial charge >= 0.3 is 5.97 Å². The van der Waals surface area contributed by atoms with Gasteiger partial charge in [0.15, 0.2) is 0 Å². The number of carbonyl (C=O) groups is 1. The molecule has 0 aliphatic heterocycles. The first-order chi connectivity index (χ1) is 10.1. The molecule has 2 N–H and O–H groups in total. The molecular formula is C16H18N2O2S. The van der Waals surface area contributed by atoms with Crippen LogP contribution in [0.25, 0.3) is 0 Å². The number of nitrogens with one attached hydrogen (secondary N) is 1. The van der Waals surface area contributed by atoms with Gasteiger partial charge in [-0.05, 0) is 43.4 Å². The smallest absolute Gasteiger partial charge is 0.335 e. The van der Waals surface area contributed by atoms with Crippen LogP contribution in [-0.2, 0) is 6.54 Å². The van der Waals surface area contributed by atoms with Gasteiger partial charge in [0.25, 0.3) is 0 Å². The summed E-state index contributed by atoms with van der Waals surface area (Å²) >= 11 is 1.72. The van der Waals surface area contributed by atoms with Gasteiger partial charge in [0.05, 0.1) is 11.6 Å². The molecule has 0 saturated heterocycles. The van der Waals surface area contributed by atoms with E-state index in [1.54, 1.807) is 23.5 Å². The van der Waals surface area contributed by atoms with E-state index in [1.807, 2.05) is 19.1 Å². The molecule has 2 aromatic rings. The van der Waals surface area contributed by atoms with E-state index in [1.165, 1.54) is 12.8 Å². The number of carboxylic acids is 1. The van der Waals surface area contributed by atoms with Crippen molar-refractivity contribution in [2.75, 3.05) is 0 Å². The predicted octanol–water partition coefficient (Wildman–Crippen LogP) is 3.39. The van der Waals surface area contributed by atoms with Crippen molar-refractivity contribution in [3.8, 4) is 0 Å². The van der Waals surface area contributed by atoms with Crippen LogP contribution >= 0.6 is 11.3 Å². The Balaban J connectivity index is 1.65. The van der Waals surface area contributed by atoms with Crippen LogP contribution in [-0.4, -0.2) is 16.1 Å². The average molecular weight is 302 g/mol. The van der Waals surface area contributed by atoms with Crippen molar-refractivity contribution in [2.24, 2.45) is 5.92 Å². The predicted molar refractivity (Wildman–Crippen MR) is 82.6 cm³/mol. The summed E-state index contributed by atoms with van der Waals surface area (Å²) in [4.78, 5) is 15.4. The molecule has 1 aromatic carbocycles. The van der Waals surface area contributed by atoms with E-state index in [0.29, 0.717) is 17.5 Å². The van der Waals surface area contributed by atoms with Gasteiger partial charge in [0, 0.05) is 17.6 Å². The van der Waals surface area contributed by atoms with Gasteiger partial charge in [0.1, 0.15) is 5.01 Å². The highest BCUT2D eigenvalue weighted by Gasteiger charge is 2.33. The van der Waals surface area contributed by atoms with Crippen LogP contribution in [0.1, 0.15) is 45.5 Å². The molecule has 1 saturated carbocycles. The number of carboxylic acid groups (broad SMARTS) is 1. The lowest BCUT2D eigenvalue weighted by molar-refractivity contribution is 0.0697. The monoisotopic (exact) mass is 302 g/mol. The second-order valence-corrected chi connectivity index (χ2v) is 6.41. The lowest BCUT2D eigenvalue weighted by Gasteiger charge is -2.16. The van der Waals surface area contributed by atoms with Gasteiger partial charge in [-0.2, -0.15) is 0 Å². The lowest BCUT2D eigenvalue weighted by atomic mass is 10.1. The van der Waals surface area contributed by atoms with Crippen molar-refractivity contribution in [3.05, 3.63) is 51.5 Å². The third-order valence-corrected chi connectivity index (χ3v) is 4.77. The minimum atomic E-state index is -0.886. The normalized spacial score (nSPS) is 15.9. The Bertz CT molecular complexity index is 632. The number of rotatable bonds is 6. The number of benzene rings is 1. The highest BCUT2D eigenvalue weighted by atomic mass is 32.1. The standard InChI is InChI=1S/C16H18N2O2S/c1-10-9-21-15(18-10)14(12-6-7-12)17-8-11-2-4-13(5-3-11)16(19)20/h2-5,9,12,14,17H,6-8H2,1H3,(H,19,20). The molecule has 0 spiro atoms. The molecule has 5 heteroatoms. The largest absolute Gasteiger partial charge is 0.478 e. The summed E-state index contributed by atoms with van der Waals surface area (Å²) < 4.78 is 0. The first-order valence-electron chi connectivity index (χ1n) is 7.11. The average Bonchev–Trinajstić information content (AvgIpc) is 3.22. The fraction of sp³-hybridized carbons (Fsp3) is 0.375. The molecule has 110 valence electrons. The van der Waals surface area contributed by atoms with Crippen LogP contribution in [0.15, 0.2) is 29.6 Å². The van der Waals surface area contributed by atoms with Crippen molar-refractivity contribution < 1.29 is 9.90 Å². The van der Waals surface area contributed by atoms with E-state index in [-0.39, 0.29) is 0 Å². The number of aromatic carboxylic acids is 1. The van der Waals surface area contributed by atoms with Gasteiger partial charge in [-0.15, -0.1) is 11.3 Å². The van der Waals surface area contributed by atoms with Crippen molar-refractivity contribution in [1.29, 1.82) is 0 Å². The molecule has 1 atom stereocenters. The van der Waals surface area contributed by atoms with E-state index < -0.39 is 5.97 Å². The molecule has 3 rings (SSSR count). The first-order valence-corrected chi connectivity index (χ1v) is 7.99. The minimum absolute atomic E-state index is 0.322. The summed E-state index contributed by atoms with van der Waals surface area (Å²) in [5.74, 6) is -0.197. The second kappa shape index (κ2) is 5.95. The van der Waals surface area contributed by atoms with Crippen molar-refractivity contribution >= 4 is 17.3 Å². The number of nitrogens with zero attached hydrogens (tertiary/aromatic N) is 1. The van der Waals surface area contributed by atoms with Crippen LogP contribution < -0.4 is 5.32 Å². The maximum atomic E-state index is 10.8. The number of hydrogen-bond donors (Lipinski definition) is 2. The van der Waals surface area contributed by atoms with Crippen LogP contribution in [0.2, 0.25) is 0 Å². The molecule has 1 fully saturated rings. The van der Waals surface area contributed by atoms with Gasteiger partial charge in [0.2, 0.25) is 0 Å². The Kier molecular flexibility index (Phi) is 4.03. The second-order valence-electron chi connectivity index (χ2n) is 5.53. The Morgan fingerprint density at radius 2 is 2.14 bits per heavy atom. The summed E-state index contributed by atoms with van der Waals surface area (Å²) in [5.41, 5.74) is 2.50. The summed E-state index contributed by atoms with van der Waals surface area (Å²) in [7, 11) is 0. The molecular weight excluding hydrogens is 284 g/mol. The zero-order valence-corrected chi connectivity index (χ0v) is 12.7. The Morgan fingerprint density at radius 1 is 1.43 bits per heavy atom. The topological polar surface area (TPSA) is 62.2 Å². The molecule has 21 heavy (non-hydrogen) atoms. The number of hydrogen-bond acceptors (Lipinski definition) is 4. The van der Waals surface area contributed by atoms with Gasteiger partial charge in [-0.1, -0.05) is 12.1 Å². The molecule has 1 unspecified atom stereocenters. The third-order valence-electron chi connectivity index (χ3n) is 3.72. The van der Waals surface area contributed by atoms with Gasteiger partial charge in [-0.25, -0.2) is 9.78 Å². The fourth-order valence-corrected chi connectivity index (χ4v) is 3.36. The number of aromatic nitrogens is 1. The fourth-order valence-electron chi connectivity index (χ4n) is 2.39. The zero-order valence-electron chi connectivity index (χ0n) is 11.9. The summed E-state index contributed by atoms with van der Waals surface area (Å²) in [6, 6.07) is 7.36. The first kappa shape index (κ1) is 14.2. The molecule has 1 heterocycles. The molecule has 0 bridgehead atoms. The SMILES string of the molecule is Cc1csc(C(NCc2ccc(C(=O)O)cc2)C2CC2)n1. The molecule has 1 aliphatic rings. The third kappa shape index (κ3) is 3.49. The number of aryl methyl sites for hydroxylation is 1. The Labute approximate surface area is 127 Å². The summed E-state index contributed by atoms with van der Waals surface area (Å²) in [6.07, 6.45) is 2.52. The van der Waals surface area contributed by atoms with Gasteiger partial charge < -0.3 is 10.4 Å². The van der Waals surface area contributed by atoms with E-state index in [0.717, 1.165) is 22.8 Å². The van der Waals surface area contributed by atoms with Crippen LogP contribution in [0.4, 0.5) is 0 Å². The van der Waals surface area contributed by atoms with E-state index in [4.69, 9.17) is 5.11 Å². The van der Waals surface area contributed by atoms with Crippen molar-refractivity contribution in [2.45, 2.75) is 32.4 Å².